The van der Waals surface area contributed by atoms with Gasteiger partial charge in [-0.05, 0) is 37.0 Å². The van der Waals surface area contributed by atoms with Gasteiger partial charge in [0.15, 0.2) is 0 Å². The number of nitrogens with one attached hydrogen (secondary N) is 1. The van der Waals surface area contributed by atoms with Crippen molar-refractivity contribution in [3.05, 3.63) is 34.9 Å². The molecule has 1 aromatic carbocycles. The number of hydrogen-bond acceptors (Lipinski definition) is 3. The first-order valence-electron chi connectivity index (χ1n) is 7.33. The first-order chi connectivity index (χ1) is 10.3. The molecule has 1 unspecified atom stereocenters. The molecule has 5 nitrogen and oxygen atoms in total. The average molecular weight is 345 g/mol. The van der Waals surface area contributed by atoms with E-state index in [0.717, 1.165) is 24.7 Å². The Kier molecular flexibility index (Phi) is 5.83. The summed E-state index contributed by atoms with van der Waals surface area (Å²) in [6.45, 7) is 1.15. The number of carbonyl (C=O) groups excluding carboxylic acids is 1. The Morgan fingerprint density at radius 3 is 2.68 bits per heavy atom. The Balaban J connectivity index is 1.85. The maximum absolute atomic E-state index is 12.3. The number of hydrogen-bond donors (Lipinski definition) is 1. The van der Waals surface area contributed by atoms with E-state index in [1.807, 2.05) is 24.3 Å². The Morgan fingerprint density at radius 2 is 2.05 bits per heavy atom. The normalized spacial score (nSPS) is 19.2. The van der Waals surface area contributed by atoms with E-state index in [9.17, 15) is 13.2 Å². The SMILES string of the molecule is CS(=O)(=O)NC1CCCN(C(=O)CCc2ccc(Cl)cc2)C1. The van der Waals surface area contributed by atoms with E-state index >= 15 is 0 Å². The number of rotatable bonds is 5. The van der Waals surface area contributed by atoms with Crippen LogP contribution < -0.4 is 4.72 Å². The maximum atomic E-state index is 12.3. The number of nitrogens with zero attached hydrogens (tertiary/aromatic N) is 1. The third kappa shape index (κ3) is 5.59. The first kappa shape index (κ1) is 17.2. The van der Waals surface area contributed by atoms with Gasteiger partial charge < -0.3 is 4.90 Å². The fourth-order valence-electron chi connectivity index (χ4n) is 2.66. The van der Waals surface area contributed by atoms with E-state index in [1.54, 1.807) is 4.90 Å². The van der Waals surface area contributed by atoms with Crippen LogP contribution in [0.25, 0.3) is 0 Å². The van der Waals surface area contributed by atoms with Gasteiger partial charge in [0.1, 0.15) is 0 Å². The van der Waals surface area contributed by atoms with E-state index in [-0.39, 0.29) is 11.9 Å². The Labute approximate surface area is 136 Å². The van der Waals surface area contributed by atoms with Gasteiger partial charge >= 0.3 is 0 Å². The minimum atomic E-state index is -3.23. The van der Waals surface area contributed by atoms with Crippen LogP contribution in [-0.4, -0.2) is 44.6 Å². The molecular weight excluding hydrogens is 324 g/mol. The molecule has 1 aromatic rings. The van der Waals surface area contributed by atoms with Gasteiger partial charge in [-0.2, -0.15) is 0 Å². The number of aryl methyl sites for hydroxylation is 1. The predicted octanol–water partition coefficient (Wildman–Crippen LogP) is 1.81. The summed E-state index contributed by atoms with van der Waals surface area (Å²) in [6.07, 6.45) is 3.83. The number of likely N-dealkylation sites (tertiary alicyclic amines) is 1. The van der Waals surface area contributed by atoms with Crippen molar-refractivity contribution in [3.8, 4) is 0 Å². The summed E-state index contributed by atoms with van der Waals surface area (Å²) < 4.78 is 25.2. The lowest BCUT2D eigenvalue weighted by Gasteiger charge is -2.32. The summed E-state index contributed by atoms with van der Waals surface area (Å²) in [5.74, 6) is 0.0648. The summed E-state index contributed by atoms with van der Waals surface area (Å²) in [5, 5.41) is 0.681. The quantitative estimate of drug-likeness (QED) is 0.886. The zero-order chi connectivity index (χ0) is 16.2. The van der Waals surface area contributed by atoms with Crippen LogP contribution in [0.2, 0.25) is 5.02 Å². The van der Waals surface area contributed by atoms with Crippen LogP contribution in [0.3, 0.4) is 0 Å². The molecule has 1 atom stereocenters. The molecule has 22 heavy (non-hydrogen) atoms. The van der Waals surface area contributed by atoms with Crippen molar-refractivity contribution >= 4 is 27.5 Å². The summed E-state index contributed by atoms with van der Waals surface area (Å²) in [5.41, 5.74) is 1.07. The fraction of sp³-hybridized carbons (Fsp3) is 0.533. The van der Waals surface area contributed by atoms with Crippen molar-refractivity contribution in [2.24, 2.45) is 0 Å². The van der Waals surface area contributed by atoms with Crippen molar-refractivity contribution < 1.29 is 13.2 Å². The highest BCUT2D eigenvalue weighted by Gasteiger charge is 2.25. The lowest BCUT2D eigenvalue weighted by molar-refractivity contribution is -0.132. The van der Waals surface area contributed by atoms with Crippen LogP contribution in [0, 0.1) is 0 Å². The third-order valence-electron chi connectivity index (χ3n) is 3.70. The molecule has 1 amide bonds. The number of piperidine rings is 1. The second-order valence-corrected chi connectivity index (χ2v) is 7.91. The number of halogens is 1. The van der Waals surface area contributed by atoms with E-state index in [4.69, 9.17) is 11.6 Å². The molecule has 1 saturated heterocycles. The molecule has 0 bridgehead atoms. The summed E-state index contributed by atoms with van der Waals surface area (Å²) in [6, 6.07) is 7.28. The van der Waals surface area contributed by atoms with E-state index in [1.165, 1.54) is 0 Å². The number of amides is 1. The largest absolute Gasteiger partial charge is 0.341 e. The van der Waals surface area contributed by atoms with Crippen molar-refractivity contribution in [1.29, 1.82) is 0 Å². The van der Waals surface area contributed by atoms with Crippen LogP contribution in [0.5, 0.6) is 0 Å². The highest BCUT2D eigenvalue weighted by molar-refractivity contribution is 7.88. The summed E-state index contributed by atoms with van der Waals surface area (Å²) >= 11 is 5.83. The number of benzene rings is 1. The molecule has 0 aliphatic carbocycles. The zero-order valence-corrected chi connectivity index (χ0v) is 14.2. The number of sulfonamides is 1. The van der Waals surface area contributed by atoms with Gasteiger partial charge in [0.05, 0.1) is 6.26 Å². The van der Waals surface area contributed by atoms with Crippen molar-refractivity contribution in [2.45, 2.75) is 31.7 Å². The van der Waals surface area contributed by atoms with Crippen molar-refractivity contribution in [2.75, 3.05) is 19.3 Å². The average Bonchev–Trinajstić information content (AvgIpc) is 2.45. The second-order valence-electron chi connectivity index (χ2n) is 5.70. The van der Waals surface area contributed by atoms with Crippen LogP contribution in [0.1, 0.15) is 24.8 Å². The van der Waals surface area contributed by atoms with Gasteiger partial charge in [0.25, 0.3) is 0 Å². The second kappa shape index (κ2) is 7.44. The summed E-state index contributed by atoms with van der Waals surface area (Å²) in [7, 11) is -3.23. The third-order valence-corrected chi connectivity index (χ3v) is 4.71. The van der Waals surface area contributed by atoms with Crippen LogP contribution in [0.15, 0.2) is 24.3 Å². The smallest absolute Gasteiger partial charge is 0.222 e. The van der Waals surface area contributed by atoms with Gasteiger partial charge in [-0.3, -0.25) is 4.79 Å². The molecule has 1 fully saturated rings. The standard InChI is InChI=1S/C15H21ClN2O3S/c1-22(20,21)17-14-3-2-10-18(11-14)15(19)9-6-12-4-7-13(16)8-5-12/h4-5,7-8,14,17H,2-3,6,9-11H2,1H3. The molecule has 1 heterocycles. The van der Waals surface area contributed by atoms with Crippen LogP contribution in [-0.2, 0) is 21.2 Å². The predicted molar refractivity (Wildman–Crippen MR) is 87.4 cm³/mol. The molecule has 0 spiro atoms. The molecule has 7 heteroatoms. The maximum Gasteiger partial charge on any atom is 0.222 e. The minimum absolute atomic E-state index is 0.0648. The Bertz CT molecular complexity index is 616. The molecule has 1 N–H and O–H groups in total. The van der Waals surface area contributed by atoms with Crippen molar-refractivity contribution in [1.82, 2.24) is 9.62 Å². The molecular formula is C15H21ClN2O3S. The van der Waals surface area contributed by atoms with Gasteiger partial charge in [-0.15, -0.1) is 0 Å². The monoisotopic (exact) mass is 344 g/mol. The van der Waals surface area contributed by atoms with E-state index < -0.39 is 10.0 Å². The Hall–Kier alpha value is -1.11. The molecule has 2 rings (SSSR count). The lowest BCUT2D eigenvalue weighted by Crippen LogP contribution is -2.49. The molecule has 0 aromatic heterocycles. The highest BCUT2D eigenvalue weighted by atomic mass is 35.5. The van der Waals surface area contributed by atoms with Crippen LogP contribution in [0.4, 0.5) is 0 Å². The van der Waals surface area contributed by atoms with Crippen LogP contribution >= 0.6 is 11.6 Å². The van der Waals surface area contributed by atoms with E-state index in [0.29, 0.717) is 31.0 Å². The first-order valence-corrected chi connectivity index (χ1v) is 9.60. The van der Waals surface area contributed by atoms with Gasteiger partial charge in [-0.25, -0.2) is 13.1 Å². The molecule has 0 radical (unpaired) electrons. The molecule has 1 aliphatic rings. The lowest BCUT2D eigenvalue weighted by atomic mass is 10.0. The van der Waals surface area contributed by atoms with Gasteiger partial charge in [-0.1, -0.05) is 23.7 Å². The minimum Gasteiger partial charge on any atom is -0.341 e. The zero-order valence-electron chi connectivity index (χ0n) is 12.6. The molecule has 1 aliphatic heterocycles. The molecule has 122 valence electrons. The number of carbonyl (C=O) groups is 1. The highest BCUT2D eigenvalue weighted by Crippen LogP contribution is 2.15. The topological polar surface area (TPSA) is 66.5 Å². The van der Waals surface area contributed by atoms with E-state index in [2.05, 4.69) is 4.72 Å². The summed E-state index contributed by atoms with van der Waals surface area (Å²) in [4.78, 5) is 14.0. The Morgan fingerprint density at radius 1 is 1.36 bits per heavy atom. The fourth-order valence-corrected chi connectivity index (χ4v) is 3.59. The van der Waals surface area contributed by atoms with Crippen molar-refractivity contribution in [3.63, 3.8) is 0 Å². The molecule has 0 saturated carbocycles. The van der Waals surface area contributed by atoms with Gasteiger partial charge in [0.2, 0.25) is 15.9 Å². The van der Waals surface area contributed by atoms with Gasteiger partial charge in [0, 0.05) is 30.6 Å².